The van der Waals surface area contributed by atoms with E-state index in [1.807, 2.05) is 6.07 Å². The second kappa shape index (κ2) is 11.5. The van der Waals surface area contributed by atoms with Gasteiger partial charge in [-0.3, -0.25) is 0 Å². The van der Waals surface area contributed by atoms with Crippen molar-refractivity contribution in [1.29, 1.82) is 0 Å². The number of benzene rings is 3. The van der Waals surface area contributed by atoms with Crippen molar-refractivity contribution in [3.05, 3.63) is 90.0 Å². The van der Waals surface area contributed by atoms with Gasteiger partial charge in [0.1, 0.15) is 6.29 Å². The number of aldehydes is 1. The number of carbonyl (C=O) groups excluding carboxylic acids is 1. The van der Waals surface area contributed by atoms with Gasteiger partial charge in [0.2, 0.25) is 0 Å². The zero-order valence-electron chi connectivity index (χ0n) is 19.1. The van der Waals surface area contributed by atoms with Gasteiger partial charge in [-0.25, -0.2) is 0 Å². The molecule has 0 fully saturated rings. The van der Waals surface area contributed by atoms with Crippen molar-refractivity contribution in [2.24, 2.45) is 5.92 Å². The Labute approximate surface area is 187 Å². The van der Waals surface area contributed by atoms with Gasteiger partial charge in [-0.1, -0.05) is 99.3 Å². The molecule has 2 nitrogen and oxygen atoms in total. The van der Waals surface area contributed by atoms with Crippen molar-refractivity contribution in [3.63, 3.8) is 0 Å². The van der Waals surface area contributed by atoms with Gasteiger partial charge in [0.05, 0.1) is 0 Å². The molecule has 0 aliphatic heterocycles. The molecule has 162 valence electrons. The standard InChI is InChI=1S/C29H35NO/c1-4-5-6-8-13-27(22-31)29(26-18-20-28(21-19-26)30(2)3)25-16-14-24(15-17-25)23-11-9-7-10-12-23/h7,9-12,14-22,27,29H,4-6,8,13H2,1-3H3/t27-,29+/m0/s1. The fourth-order valence-electron chi connectivity index (χ4n) is 4.30. The monoisotopic (exact) mass is 413 g/mol. The highest BCUT2D eigenvalue weighted by molar-refractivity contribution is 5.65. The molecular formula is C29H35NO. The number of unbranched alkanes of at least 4 members (excludes halogenated alkanes) is 3. The second-order valence-electron chi connectivity index (χ2n) is 8.60. The molecular weight excluding hydrogens is 378 g/mol. The molecule has 0 saturated carbocycles. The molecule has 0 unspecified atom stereocenters. The van der Waals surface area contributed by atoms with Crippen LogP contribution in [0.4, 0.5) is 5.69 Å². The molecule has 0 saturated heterocycles. The van der Waals surface area contributed by atoms with Crippen LogP contribution in [0.1, 0.15) is 56.1 Å². The molecule has 0 N–H and O–H groups in total. The van der Waals surface area contributed by atoms with Gasteiger partial charge in [0, 0.05) is 31.6 Å². The van der Waals surface area contributed by atoms with E-state index in [1.54, 1.807) is 0 Å². The highest BCUT2D eigenvalue weighted by Crippen LogP contribution is 2.36. The zero-order chi connectivity index (χ0) is 22.1. The fraction of sp³-hybridized carbons (Fsp3) is 0.345. The summed E-state index contributed by atoms with van der Waals surface area (Å²) in [6, 6.07) is 27.9. The van der Waals surface area contributed by atoms with Gasteiger partial charge in [-0.2, -0.15) is 0 Å². The minimum Gasteiger partial charge on any atom is -0.378 e. The number of hydrogen-bond donors (Lipinski definition) is 0. The second-order valence-corrected chi connectivity index (χ2v) is 8.60. The van der Waals surface area contributed by atoms with Crippen molar-refractivity contribution in [3.8, 4) is 11.1 Å². The smallest absolute Gasteiger partial charge is 0.124 e. The molecule has 31 heavy (non-hydrogen) atoms. The largest absolute Gasteiger partial charge is 0.378 e. The zero-order valence-corrected chi connectivity index (χ0v) is 19.1. The van der Waals surface area contributed by atoms with E-state index in [0.717, 1.165) is 12.8 Å². The van der Waals surface area contributed by atoms with E-state index < -0.39 is 0 Å². The molecule has 0 spiro atoms. The molecule has 0 bridgehead atoms. The van der Waals surface area contributed by atoms with Crippen molar-refractivity contribution in [1.82, 2.24) is 0 Å². The summed E-state index contributed by atoms with van der Waals surface area (Å²) in [5, 5.41) is 0. The highest BCUT2D eigenvalue weighted by Gasteiger charge is 2.24. The summed E-state index contributed by atoms with van der Waals surface area (Å²) in [5.41, 5.74) is 6.02. The number of anilines is 1. The first-order chi connectivity index (χ1) is 15.1. The van der Waals surface area contributed by atoms with Gasteiger partial charge in [-0.15, -0.1) is 0 Å². The first-order valence-corrected chi connectivity index (χ1v) is 11.5. The van der Waals surface area contributed by atoms with E-state index in [2.05, 4.69) is 98.7 Å². The molecule has 0 radical (unpaired) electrons. The number of nitrogens with zero attached hydrogens (tertiary/aromatic N) is 1. The summed E-state index contributed by atoms with van der Waals surface area (Å²) < 4.78 is 0. The molecule has 0 aliphatic rings. The molecule has 2 heteroatoms. The third-order valence-corrected chi connectivity index (χ3v) is 6.14. The van der Waals surface area contributed by atoms with Gasteiger partial charge in [0.15, 0.2) is 0 Å². The maximum Gasteiger partial charge on any atom is 0.124 e. The Balaban J connectivity index is 1.91. The number of hydrogen-bond acceptors (Lipinski definition) is 2. The maximum absolute atomic E-state index is 12.2. The quantitative estimate of drug-likeness (QED) is 0.242. The first-order valence-electron chi connectivity index (χ1n) is 11.5. The fourth-order valence-corrected chi connectivity index (χ4v) is 4.30. The minimum atomic E-state index is -0.00959. The average molecular weight is 414 g/mol. The summed E-state index contributed by atoms with van der Waals surface area (Å²) in [6.07, 6.45) is 6.86. The van der Waals surface area contributed by atoms with Crippen molar-refractivity contribution in [2.45, 2.75) is 44.9 Å². The third-order valence-electron chi connectivity index (χ3n) is 6.14. The van der Waals surface area contributed by atoms with Crippen molar-refractivity contribution in [2.75, 3.05) is 19.0 Å². The first kappa shape index (κ1) is 22.8. The van der Waals surface area contributed by atoms with E-state index in [4.69, 9.17) is 0 Å². The maximum atomic E-state index is 12.2. The lowest BCUT2D eigenvalue weighted by molar-refractivity contribution is -0.111. The van der Waals surface area contributed by atoms with Gasteiger partial charge in [-0.05, 0) is 40.8 Å². The van der Waals surface area contributed by atoms with E-state index in [-0.39, 0.29) is 11.8 Å². The van der Waals surface area contributed by atoms with Crippen molar-refractivity contribution >= 4 is 12.0 Å². The molecule has 0 heterocycles. The lowest BCUT2D eigenvalue weighted by Gasteiger charge is -2.25. The van der Waals surface area contributed by atoms with Crippen LogP contribution >= 0.6 is 0 Å². The van der Waals surface area contributed by atoms with Crippen LogP contribution in [0.15, 0.2) is 78.9 Å². The van der Waals surface area contributed by atoms with Crippen LogP contribution in [0.5, 0.6) is 0 Å². The van der Waals surface area contributed by atoms with Gasteiger partial charge < -0.3 is 9.69 Å². The van der Waals surface area contributed by atoms with Gasteiger partial charge in [0.25, 0.3) is 0 Å². The van der Waals surface area contributed by atoms with Crippen LogP contribution in [-0.4, -0.2) is 20.4 Å². The lowest BCUT2D eigenvalue weighted by Crippen LogP contribution is -2.17. The Morgan fingerprint density at radius 2 is 1.32 bits per heavy atom. The molecule has 2 atom stereocenters. The van der Waals surface area contributed by atoms with Crippen LogP contribution in [-0.2, 0) is 4.79 Å². The SMILES string of the molecule is CCCCCC[C@@H](C=O)[C@H](c1ccc(-c2ccccc2)cc1)c1ccc(N(C)C)cc1. The van der Waals surface area contributed by atoms with E-state index in [0.29, 0.717) is 0 Å². The van der Waals surface area contributed by atoms with Crippen LogP contribution in [0, 0.1) is 5.92 Å². The lowest BCUT2D eigenvalue weighted by atomic mass is 9.78. The van der Waals surface area contributed by atoms with Gasteiger partial charge >= 0.3 is 0 Å². The predicted molar refractivity (Wildman–Crippen MR) is 133 cm³/mol. The molecule has 0 aliphatic carbocycles. The average Bonchev–Trinajstić information content (AvgIpc) is 2.82. The predicted octanol–water partition coefficient (Wildman–Crippen LogP) is 7.34. The summed E-state index contributed by atoms with van der Waals surface area (Å²) in [6.45, 7) is 2.22. The Kier molecular flexibility index (Phi) is 8.46. The Hall–Kier alpha value is -2.87. The third kappa shape index (κ3) is 6.07. The minimum absolute atomic E-state index is 0.00959. The molecule has 3 aromatic carbocycles. The summed E-state index contributed by atoms with van der Waals surface area (Å²) in [5.74, 6) is 0.0739. The Morgan fingerprint density at radius 3 is 1.87 bits per heavy atom. The molecule has 0 aromatic heterocycles. The molecule has 0 amide bonds. The van der Waals surface area contributed by atoms with E-state index >= 15 is 0 Å². The normalized spacial score (nSPS) is 12.9. The summed E-state index contributed by atoms with van der Waals surface area (Å²) in [4.78, 5) is 14.3. The summed E-state index contributed by atoms with van der Waals surface area (Å²) in [7, 11) is 4.10. The van der Waals surface area contributed by atoms with Crippen molar-refractivity contribution < 1.29 is 4.79 Å². The van der Waals surface area contributed by atoms with E-state index in [9.17, 15) is 4.79 Å². The molecule has 3 aromatic rings. The number of carbonyl (C=O) groups is 1. The van der Waals surface area contributed by atoms with Crippen LogP contribution < -0.4 is 4.90 Å². The summed E-state index contributed by atoms with van der Waals surface area (Å²) >= 11 is 0. The van der Waals surface area contributed by atoms with E-state index in [1.165, 1.54) is 53.5 Å². The topological polar surface area (TPSA) is 20.3 Å². The number of rotatable bonds is 11. The highest BCUT2D eigenvalue weighted by atomic mass is 16.1. The molecule has 3 rings (SSSR count). The van der Waals surface area contributed by atoms with Crippen LogP contribution in [0.2, 0.25) is 0 Å². The van der Waals surface area contributed by atoms with Crippen LogP contribution in [0.25, 0.3) is 11.1 Å². The Morgan fingerprint density at radius 1 is 0.742 bits per heavy atom. The van der Waals surface area contributed by atoms with Crippen LogP contribution in [0.3, 0.4) is 0 Å². The Bertz CT molecular complexity index is 913.